The second kappa shape index (κ2) is 7.21. The van der Waals surface area contributed by atoms with Gasteiger partial charge in [-0.25, -0.2) is 4.98 Å². The lowest BCUT2D eigenvalue weighted by Gasteiger charge is -2.25. The van der Waals surface area contributed by atoms with Gasteiger partial charge in [-0.2, -0.15) is 0 Å². The Hall–Kier alpha value is -1.76. The number of anilines is 1. The number of aryl methyl sites for hydroxylation is 2. The summed E-state index contributed by atoms with van der Waals surface area (Å²) in [4.78, 5) is 19.6. The molecular weight excluding hydrogens is 310 g/mol. The summed E-state index contributed by atoms with van der Waals surface area (Å²) in [5, 5.41) is 3.55. The Labute approximate surface area is 140 Å². The lowest BCUT2D eigenvalue weighted by molar-refractivity contribution is -0.118. The Balaban J connectivity index is 1.63. The first-order chi connectivity index (χ1) is 11.1. The van der Waals surface area contributed by atoms with Gasteiger partial charge in [0.15, 0.2) is 5.13 Å². The maximum atomic E-state index is 12.1. The van der Waals surface area contributed by atoms with Crippen molar-refractivity contribution >= 4 is 22.4 Å². The monoisotopic (exact) mass is 331 g/mol. The molecule has 23 heavy (non-hydrogen) atoms. The number of aromatic nitrogens is 1. The van der Waals surface area contributed by atoms with Crippen LogP contribution in [0.15, 0.2) is 24.4 Å². The molecule has 5 nitrogen and oxygen atoms in total. The number of amides is 1. The second-order valence-electron chi connectivity index (χ2n) is 5.78. The Bertz CT molecular complexity index is 693. The van der Waals surface area contributed by atoms with E-state index in [1.54, 1.807) is 0 Å². The van der Waals surface area contributed by atoms with Crippen molar-refractivity contribution in [2.75, 3.05) is 38.2 Å². The van der Waals surface area contributed by atoms with Gasteiger partial charge in [0.25, 0.3) is 0 Å². The summed E-state index contributed by atoms with van der Waals surface area (Å²) in [6.07, 6.45) is 1.83. The lowest BCUT2D eigenvalue weighted by atomic mass is 10.1. The molecule has 1 aliphatic rings. The Kier molecular flexibility index (Phi) is 5.05. The molecule has 1 saturated heterocycles. The molecule has 0 bridgehead atoms. The van der Waals surface area contributed by atoms with Crippen molar-refractivity contribution in [2.45, 2.75) is 13.8 Å². The van der Waals surface area contributed by atoms with Crippen LogP contribution in [0.25, 0.3) is 10.4 Å². The molecular formula is C17H21N3O2S. The third-order valence-corrected chi connectivity index (χ3v) is 4.82. The van der Waals surface area contributed by atoms with Gasteiger partial charge in [0.1, 0.15) is 0 Å². The number of nitrogens with one attached hydrogen (secondary N) is 1. The third kappa shape index (κ3) is 4.16. The minimum absolute atomic E-state index is 0.0200. The number of nitrogens with zero attached hydrogens (tertiary/aromatic N) is 2. The van der Waals surface area contributed by atoms with Gasteiger partial charge in [-0.15, -0.1) is 0 Å². The van der Waals surface area contributed by atoms with Crippen molar-refractivity contribution in [3.63, 3.8) is 0 Å². The van der Waals surface area contributed by atoms with Crippen LogP contribution in [-0.4, -0.2) is 48.6 Å². The molecule has 2 aromatic rings. The molecule has 1 aliphatic heterocycles. The molecule has 0 radical (unpaired) electrons. The van der Waals surface area contributed by atoms with Crippen molar-refractivity contribution < 1.29 is 9.53 Å². The second-order valence-corrected chi connectivity index (χ2v) is 6.82. The zero-order valence-corrected chi connectivity index (χ0v) is 14.3. The number of rotatable bonds is 4. The number of benzene rings is 1. The molecule has 1 aromatic carbocycles. The molecule has 1 aromatic heterocycles. The van der Waals surface area contributed by atoms with Gasteiger partial charge in [0.05, 0.1) is 24.6 Å². The van der Waals surface area contributed by atoms with E-state index in [4.69, 9.17) is 4.74 Å². The fraction of sp³-hybridized carbons (Fsp3) is 0.412. The predicted octanol–water partition coefficient (Wildman–Crippen LogP) is 2.70. The summed E-state index contributed by atoms with van der Waals surface area (Å²) in [7, 11) is 0. The number of morpholine rings is 1. The van der Waals surface area contributed by atoms with Crippen LogP contribution in [-0.2, 0) is 9.53 Å². The standard InChI is InChI=1S/C17H21N3O2S/c1-12-3-4-14(13(2)9-12)15-10-18-17(23-15)19-16(21)11-20-5-7-22-8-6-20/h3-4,9-10H,5-8,11H2,1-2H3,(H,18,19,21). The zero-order valence-electron chi connectivity index (χ0n) is 13.5. The maximum Gasteiger partial charge on any atom is 0.240 e. The third-order valence-electron chi connectivity index (χ3n) is 3.87. The van der Waals surface area contributed by atoms with E-state index in [1.165, 1.54) is 28.0 Å². The number of carbonyl (C=O) groups is 1. The van der Waals surface area contributed by atoms with Crippen LogP contribution < -0.4 is 5.32 Å². The summed E-state index contributed by atoms with van der Waals surface area (Å²) in [5.74, 6) is -0.0200. The fourth-order valence-corrected chi connectivity index (χ4v) is 3.59. The van der Waals surface area contributed by atoms with Crippen LogP contribution in [0.4, 0.5) is 5.13 Å². The van der Waals surface area contributed by atoms with Crippen molar-refractivity contribution in [1.29, 1.82) is 0 Å². The Morgan fingerprint density at radius 3 is 2.87 bits per heavy atom. The fourth-order valence-electron chi connectivity index (χ4n) is 2.67. The largest absolute Gasteiger partial charge is 0.379 e. The first-order valence-electron chi connectivity index (χ1n) is 7.75. The molecule has 1 N–H and O–H groups in total. The normalized spacial score (nSPS) is 15.6. The molecule has 122 valence electrons. The van der Waals surface area contributed by atoms with Gasteiger partial charge in [-0.3, -0.25) is 9.69 Å². The van der Waals surface area contributed by atoms with Crippen molar-refractivity contribution in [2.24, 2.45) is 0 Å². The SMILES string of the molecule is Cc1ccc(-c2cnc(NC(=O)CN3CCOCC3)s2)c(C)c1. The Morgan fingerprint density at radius 1 is 1.35 bits per heavy atom. The molecule has 0 spiro atoms. The van der Waals surface area contributed by atoms with E-state index in [0.717, 1.165) is 18.0 Å². The van der Waals surface area contributed by atoms with Gasteiger partial charge in [-0.05, 0) is 25.0 Å². The first-order valence-corrected chi connectivity index (χ1v) is 8.57. The molecule has 0 saturated carbocycles. The molecule has 3 rings (SSSR count). The summed E-state index contributed by atoms with van der Waals surface area (Å²) >= 11 is 1.51. The van der Waals surface area contributed by atoms with E-state index in [2.05, 4.69) is 47.2 Å². The summed E-state index contributed by atoms with van der Waals surface area (Å²) in [5.41, 5.74) is 3.64. The molecule has 0 atom stereocenters. The molecule has 1 fully saturated rings. The predicted molar refractivity (Wildman–Crippen MR) is 92.9 cm³/mol. The van der Waals surface area contributed by atoms with Crippen LogP contribution in [0.5, 0.6) is 0 Å². The van der Waals surface area contributed by atoms with E-state index >= 15 is 0 Å². The number of ether oxygens (including phenoxy) is 1. The highest BCUT2D eigenvalue weighted by atomic mass is 32.1. The smallest absolute Gasteiger partial charge is 0.240 e. The molecule has 0 aliphatic carbocycles. The van der Waals surface area contributed by atoms with Gasteiger partial charge >= 0.3 is 0 Å². The molecule has 0 unspecified atom stereocenters. The van der Waals surface area contributed by atoms with Crippen LogP contribution in [0.3, 0.4) is 0 Å². The average Bonchev–Trinajstić information content (AvgIpc) is 2.96. The van der Waals surface area contributed by atoms with Gasteiger partial charge < -0.3 is 10.1 Å². The maximum absolute atomic E-state index is 12.1. The average molecular weight is 331 g/mol. The van der Waals surface area contributed by atoms with Crippen LogP contribution >= 0.6 is 11.3 Å². The first kappa shape index (κ1) is 16.1. The van der Waals surface area contributed by atoms with E-state index < -0.39 is 0 Å². The highest BCUT2D eigenvalue weighted by Gasteiger charge is 2.15. The Morgan fingerprint density at radius 2 is 2.13 bits per heavy atom. The van der Waals surface area contributed by atoms with E-state index in [9.17, 15) is 4.79 Å². The van der Waals surface area contributed by atoms with Crippen LogP contribution in [0, 0.1) is 13.8 Å². The minimum atomic E-state index is -0.0200. The number of carbonyl (C=O) groups excluding carboxylic acids is 1. The molecule has 1 amide bonds. The molecule has 6 heteroatoms. The van der Waals surface area contributed by atoms with Crippen LogP contribution in [0.1, 0.15) is 11.1 Å². The summed E-state index contributed by atoms with van der Waals surface area (Å²) in [6.45, 7) is 7.57. The highest BCUT2D eigenvalue weighted by molar-refractivity contribution is 7.19. The van der Waals surface area contributed by atoms with E-state index in [1.807, 2.05) is 6.20 Å². The van der Waals surface area contributed by atoms with Crippen molar-refractivity contribution in [3.8, 4) is 10.4 Å². The number of thiazole rings is 1. The van der Waals surface area contributed by atoms with Crippen LogP contribution in [0.2, 0.25) is 0 Å². The van der Waals surface area contributed by atoms with E-state index in [-0.39, 0.29) is 5.91 Å². The van der Waals surface area contributed by atoms with Gasteiger partial charge in [0, 0.05) is 19.3 Å². The van der Waals surface area contributed by atoms with Crippen molar-refractivity contribution in [3.05, 3.63) is 35.5 Å². The summed E-state index contributed by atoms with van der Waals surface area (Å²) in [6, 6.07) is 6.36. The van der Waals surface area contributed by atoms with Gasteiger partial charge in [-0.1, -0.05) is 35.1 Å². The topological polar surface area (TPSA) is 54.5 Å². The lowest BCUT2D eigenvalue weighted by Crippen LogP contribution is -2.41. The highest BCUT2D eigenvalue weighted by Crippen LogP contribution is 2.31. The van der Waals surface area contributed by atoms with Crippen molar-refractivity contribution in [1.82, 2.24) is 9.88 Å². The minimum Gasteiger partial charge on any atom is -0.379 e. The number of hydrogen-bond donors (Lipinski definition) is 1. The van der Waals surface area contributed by atoms with E-state index in [0.29, 0.717) is 24.9 Å². The quantitative estimate of drug-likeness (QED) is 0.936. The summed E-state index contributed by atoms with van der Waals surface area (Å²) < 4.78 is 5.29. The molecule has 2 heterocycles. The van der Waals surface area contributed by atoms with Gasteiger partial charge in [0.2, 0.25) is 5.91 Å². The zero-order chi connectivity index (χ0) is 16.2. The number of hydrogen-bond acceptors (Lipinski definition) is 5.